The zero-order valence-electron chi connectivity index (χ0n) is 14.9. The van der Waals surface area contributed by atoms with Crippen molar-refractivity contribution in [2.24, 2.45) is 0 Å². The zero-order valence-corrected chi connectivity index (χ0v) is 14.9. The Hall–Kier alpha value is -2.09. The van der Waals surface area contributed by atoms with Crippen LogP contribution in [0, 0.1) is 0 Å². The fourth-order valence-electron chi connectivity index (χ4n) is 1.93. The molecule has 0 aliphatic heterocycles. The fraction of sp³-hybridized carbons (Fsp3) is 0.409. The van der Waals surface area contributed by atoms with Crippen molar-refractivity contribution in [3.05, 3.63) is 72.9 Å². The predicted octanol–water partition coefficient (Wildman–Crippen LogP) is 6.55. The number of carboxylic acid groups (broad SMARTS) is 1. The molecule has 0 unspecified atom stereocenters. The Balaban J connectivity index is 3.45. The summed E-state index contributed by atoms with van der Waals surface area (Å²) < 4.78 is 0. The number of aliphatic carboxylic acids is 1. The standard InChI is InChI=1S/C22H32O2/c1-2-3-4-5-6-7-8-9-10-11-12-13-14-15-16-17-18-19-20-21-22(23)24/h3-4,6-7,9-10,12-13,18-21H,2,5,8,11,14-17H2,1H3,(H,23,24). The second kappa shape index (κ2) is 19.0. The molecule has 24 heavy (non-hydrogen) atoms. The topological polar surface area (TPSA) is 37.3 Å². The number of allylic oxidation sites excluding steroid dienone is 11. The fourth-order valence-corrected chi connectivity index (χ4v) is 1.93. The summed E-state index contributed by atoms with van der Waals surface area (Å²) in [7, 11) is 0. The summed E-state index contributed by atoms with van der Waals surface area (Å²) in [5, 5.41) is 8.42. The van der Waals surface area contributed by atoms with Crippen molar-refractivity contribution in [3.8, 4) is 0 Å². The number of hydrogen-bond donors (Lipinski definition) is 1. The van der Waals surface area contributed by atoms with Gasteiger partial charge in [0.05, 0.1) is 0 Å². The first kappa shape index (κ1) is 21.9. The molecule has 0 fully saturated rings. The van der Waals surface area contributed by atoms with Crippen molar-refractivity contribution >= 4 is 5.97 Å². The number of hydrogen-bond acceptors (Lipinski definition) is 1. The molecule has 0 rings (SSSR count). The Morgan fingerprint density at radius 1 is 0.708 bits per heavy atom. The van der Waals surface area contributed by atoms with Crippen LogP contribution in [0.15, 0.2) is 72.9 Å². The minimum atomic E-state index is -0.904. The second-order valence-electron chi connectivity index (χ2n) is 5.41. The first-order chi connectivity index (χ1) is 11.8. The summed E-state index contributed by atoms with van der Waals surface area (Å²) in [6.07, 6.45) is 32.8. The molecule has 0 atom stereocenters. The molecule has 0 spiro atoms. The average molecular weight is 328 g/mol. The van der Waals surface area contributed by atoms with Crippen molar-refractivity contribution in [2.75, 3.05) is 0 Å². The quantitative estimate of drug-likeness (QED) is 0.170. The minimum Gasteiger partial charge on any atom is -0.478 e. The molecule has 0 aliphatic carbocycles. The maximum absolute atomic E-state index is 10.2. The van der Waals surface area contributed by atoms with Gasteiger partial charge in [0.15, 0.2) is 0 Å². The largest absolute Gasteiger partial charge is 0.478 e. The van der Waals surface area contributed by atoms with E-state index >= 15 is 0 Å². The number of unbranched alkanes of at least 4 members (excludes halogenated alkanes) is 3. The highest BCUT2D eigenvalue weighted by Gasteiger charge is 1.84. The molecule has 1 N–H and O–H groups in total. The summed E-state index contributed by atoms with van der Waals surface area (Å²) in [5.74, 6) is -0.904. The summed E-state index contributed by atoms with van der Waals surface area (Å²) in [6.45, 7) is 2.15. The van der Waals surface area contributed by atoms with E-state index in [0.717, 1.165) is 51.0 Å². The Labute approximate surface area is 147 Å². The van der Waals surface area contributed by atoms with Crippen LogP contribution in [0.25, 0.3) is 0 Å². The third kappa shape index (κ3) is 19.9. The molecule has 0 saturated heterocycles. The molecule has 0 aromatic rings. The van der Waals surface area contributed by atoms with Crippen LogP contribution in [0.2, 0.25) is 0 Å². The predicted molar refractivity (Wildman–Crippen MR) is 105 cm³/mol. The van der Waals surface area contributed by atoms with Gasteiger partial charge in [0.25, 0.3) is 0 Å². The molecule has 0 aromatic carbocycles. The zero-order chi connectivity index (χ0) is 17.7. The van der Waals surface area contributed by atoms with Gasteiger partial charge in [-0.25, -0.2) is 4.79 Å². The summed E-state index contributed by atoms with van der Waals surface area (Å²) in [6, 6.07) is 0. The van der Waals surface area contributed by atoms with Crippen LogP contribution < -0.4 is 0 Å². The van der Waals surface area contributed by atoms with Gasteiger partial charge >= 0.3 is 5.97 Å². The molecular formula is C22H32O2. The summed E-state index contributed by atoms with van der Waals surface area (Å²) in [5.41, 5.74) is 0. The van der Waals surface area contributed by atoms with Crippen LogP contribution >= 0.6 is 0 Å². The van der Waals surface area contributed by atoms with E-state index < -0.39 is 5.97 Å². The monoisotopic (exact) mass is 328 g/mol. The molecule has 0 aliphatic rings. The van der Waals surface area contributed by atoms with E-state index in [4.69, 9.17) is 5.11 Å². The van der Waals surface area contributed by atoms with Crippen molar-refractivity contribution in [2.45, 2.75) is 58.3 Å². The van der Waals surface area contributed by atoms with Gasteiger partial charge in [0, 0.05) is 6.08 Å². The Morgan fingerprint density at radius 3 is 1.75 bits per heavy atom. The van der Waals surface area contributed by atoms with E-state index in [-0.39, 0.29) is 0 Å². The molecule has 132 valence electrons. The summed E-state index contributed by atoms with van der Waals surface area (Å²) >= 11 is 0. The van der Waals surface area contributed by atoms with Gasteiger partial charge in [-0.3, -0.25) is 0 Å². The van der Waals surface area contributed by atoms with Crippen LogP contribution in [0.3, 0.4) is 0 Å². The first-order valence-electron chi connectivity index (χ1n) is 8.93. The van der Waals surface area contributed by atoms with Gasteiger partial charge in [0.1, 0.15) is 0 Å². The van der Waals surface area contributed by atoms with Crippen LogP contribution in [0.4, 0.5) is 0 Å². The van der Waals surface area contributed by atoms with Gasteiger partial charge in [0.2, 0.25) is 0 Å². The lowest BCUT2D eigenvalue weighted by Gasteiger charge is -1.92. The molecule has 0 radical (unpaired) electrons. The van der Waals surface area contributed by atoms with E-state index in [1.165, 1.54) is 6.42 Å². The van der Waals surface area contributed by atoms with Crippen LogP contribution in [0.5, 0.6) is 0 Å². The van der Waals surface area contributed by atoms with Gasteiger partial charge in [-0.2, -0.15) is 0 Å². The smallest absolute Gasteiger partial charge is 0.328 e. The number of carbonyl (C=O) groups is 1. The summed E-state index contributed by atoms with van der Waals surface area (Å²) in [4.78, 5) is 10.2. The molecule has 2 heteroatoms. The minimum absolute atomic E-state index is 0.904. The molecule has 0 heterocycles. The van der Waals surface area contributed by atoms with E-state index in [9.17, 15) is 4.79 Å². The average Bonchev–Trinajstić information content (AvgIpc) is 2.56. The van der Waals surface area contributed by atoms with E-state index in [1.807, 2.05) is 6.08 Å². The molecule has 2 nitrogen and oxygen atoms in total. The number of rotatable bonds is 14. The van der Waals surface area contributed by atoms with Crippen molar-refractivity contribution in [3.63, 3.8) is 0 Å². The lowest BCUT2D eigenvalue weighted by atomic mass is 10.1. The molecule has 0 saturated carbocycles. The van der Waals surface area contributed by atoms with Crippen LogP contribution in [-0.2, 0) is 4.79 Å². The van der Waals surface area contributed by atoms with E-state index in [2.05, 4.69) is 55.5 Å². The van der Waals surface area contributed by atoms with Crippen molar-refractivity contribution in [1.29, 1.82) is 0 Å². The molecular weight excluding hydrogens is 296 g/mol. The van der Waals surface area contributed by atoms with Crippen molar-refractivity contribution < 1.29 is 9.90 Å². The highest BCUT2D eigenvalue weighted by molar-refractivity contribution is 5.80. The van der Waals surface area contributed by atoms with Crippen LogP contribution in [0.1, 0.15) is 58.3 Å². The van der Waals surface area contributed by atoms with Gasteiger partial charge in [-0.15, -0.1) is 0 Å². The maximum atomic E-state index is 10.2. The molecule has 0 amide bonds. The highest BCUT2D eigenvalue weighted by Crippen LogP contribution is 2.02. The lowest BCUT2D eigenvalue weighted by Crippen LogP contribution is -1.84. The normalized spacial score (nSPS) is 13.0. The Bertz CT molecular complexity index is 462. The molecule has 0 bridgehead atoms. The number of carboxylic acids is 1. The SMILES string of the molecule is CCC=CCC=CCC=CCC=CCCCCC=CC=CC(=O)O. The van der Waals surface area contributed by atoms with E-state index in [0.29, 0.717) is 0 Å². The van der Waals surface area contributed by atoms with Crippen LogP contribution in [-0.4, -0.2) is 11.1 Å². The second-order valence-corrected chi connectivity index (χ2v) is 5.41. The van der Waals surface area contributed by atoms with Gasteiger partial charge < -0.3 is 5.11 Å². The van der Waals surface area contributed by atoms with Gasteiger partial charge in [-0.05, 0) is 51.4 Å². The molecule has 0 aromatic heterocycles. The first-order valence-corrected chi connectivity index (χ1v) is 8.93. The van der Waals surface area contributed by atoms with Gasteiger partial charge in [-0.1, -0.05) is 73.8 Å². The third-order valence-corrected chi connectivity index (χ3v) is 3.20. The lowest BCUT2D eigenvalue weighted by molar-refractivity contribution is -0.131. The maximum Gasteiger partial charge on any atom is 0.328 e. The Kier molecular flexibility index (Phi) is 17.3. The Morgan fingerprint density at radius 2 is 1.21 bits per heavy atom. The third-order valence-electron chi connectivity index (χ3n) is 3.20. The van der Waals surface area contributed by atoms with Crippen molar-refractivity contribution in [1.82, 2.24) is 0 Å². The van der Waals surface area contributed by atoms with E-state index in [1.54, 1.807) is 12.2 Å². The highest BCUT2D eigenvalue weighted by atomic mass is 16.4.